The fraction of sp³-hybridized carbons (Fsp3) is 0.0625. The Labute approximate surface area is 136 Å². The van der Waals surface area contributed by atoms with Crippen LogP contribution >= 0.6 is 0 Å². The van der Waals surface area contributed by atoms with Gasteiger partial charge < -0.3 is 14.5 Å². The van der Waals surface area contributed by atoms with Gasteiger partial charge in [-0.05, 0) is 30.3 Å². The number of hydrogen-bond acceptors (Lipinski definition) is 5. The van der Waals surface area contributed by atoms with Gasteiger partial charge in [-0.25, -0.2) is 4.79 Å². The van der Waals surface area contributed by atoms with Gasteiger partial charge >= 0.3 is 6.09 Å². The lowest BCUT2D eigenvalue weighted by atomic mass is 10.2. The summed E-state index contributed by atoms with van der Waals surface area (Å²) in [4.78, 5) is 23.5. The van der Waals surface area contributed by atoms with Crippen molar-refractivity contribution in [2.75, 3.05) is 17.7 Å². The predicted octanol–water partition coefficient (Wildman–Crippen LogP) is 3.10. The van der Waals surface area contributed by atoms with Crippen molar-refractivity contribution in [3.8, 4) is 11.5 Å². The Morgan fingerprint density at radius 3 is 2.62 bits per heavy atom. The molecule has 3 rings (SSSR count). The SMILES string of the molecule is COC(=O)Nc1cccc(NC(=O)c2cc(-c3ccco3)[nH]n2)c1. The van der Waals surface area contributed by atoms with Crippen LogP contribution < -0.4 is 10.6 Å². The highest BCUT2D eigenvalue weighted by molar-refractivity contribution is 6.03. The summed E-state index contributed by atoms with van der Waals surface area (Å²) < 4.78 is 9.76. The fourth-order valence-electron chi connectivity index (χ4n) is 2.03. The van der Waals surface area contributed by atoms with Crippen LogP contribution in [0.4, 0.5) is 16.2 Å². The van der Waals surface area contributed by atoms with Crippen molar-refractivity contribution in [1.29, 1.82) is 0 Å². The van der Waals surface area contributed by atoms with Crippen molar-refractivity contribution in [3.63, 3.8) is 0 Å². The lowest BCUT2D eigenvalue weighted by Crippen LogP contribution is -2.14. The molecule has 0 aliphatic rings. The van der Waals surface area contributed by atoms with E-state index in [4.69, 9.17) is 4.42 Å². The Balaban J connectivity index is 1.71. The molecule has 3 aromatic rings. The number of benzene rings is 1. The first-order valence-electron chi connectivity index (χ1n) is 7.01. The summed E-state index contributed by atoms with van der Waals surface area (Å²) in [6, 6.07) is 11.8. The van der Waals surface area contributed by atoms with Gasteiger partial charge in [0.05, 0.1) is 13.4 Å². The van der Waals surface area contributed by atoms with Crippen molar-refractivity contribution in [2.24, 2.45) is 0 Å². The second-order valence-electron chi connectivity index (χ2n) is 4.80. The minimum atomic E-state index is -0.589. The van der Waals surface area contributed by atoms with Crippen LogP contribution in [-0.4, -0.2) is 29.3 Å². The molecule has 0 radical (unpaired) electrons. The summed E-state index contributed by atoms with van der Waals surface area (Å²) in [6.45, 7) is 0. The number of H-pyrrole nitrogens is 1. The van der Waals surface area contributed by atoms with Crippen LogP contribution in [0.5, 0.6) is 0 Å². The van der Waals surface area contributed by atoms with Gasteiger partial charge in [-0.15, -0.1) is 0 Å². The van der Waals surface area contributed by atoms with E-state index in [1.807, 2.05) is 0 Å². The molecule has 0 atom stereocenters. The number of anilines is 2. The third kappa shape index (κ3) is 3.43. The van der Waals surface area contributed by atoms with Gasteiger partial charge in [0.1, 0.15) is 5.69 Å². The van der Waals surface area contributed by atoms with Crippen molar-refractivity contribution in [1.82, 2.24) is 10.2 Å². The van der Waals surface area contributed by atoms with Crippen LogP contribution in [0, 0.1) is 0 Å². The molecule has 0 aliphatic heterocycles. The predicted molar refractivity (Wildman–Crippen MR) is 86.7 cm³/mol. The number of aromatic amines is 1. The Bertz CT molecular complexity index is 855. The molecule has 0 fully saturated rings. The van der Waals surface area contributed by atoms with E-state index in [9.17, 15) is 9.59 Å². The van der Waals surface area contributed by atoms with Gasteiger partial charge in [0, 0.05) is 17.4 Å². The Morgan fingerprint density at radius 2 is 1.92 bits per heavy atom. The van der Waals surface area contributed by atoms with E-state index < -0.39 is 6.09 Å². The number of hydrogen-bond donors (Lipinski definition) is 3. The molecule has 3 N–H and O–H groups in total. The molecule has 122 valence electrons. The average molecular weight is 326 g/mol. The number of furan rings is 1. The molecular formula is C16H14N4O4. The molecule has 0 saturated carbocycles. The van der Waals surface area contributed by atoms with Crippen LogP contribution in [0.15, 0.2) is 53.1 Å². The maximum absolute atomic E-state index is 12.3. The molecule has 2 amide bonds. The number of nitrogens with one attached hydrogen (secondary N) is 3. The van der Waals surface area contributed by atoms with E-state index in [1.165, 1.54) is 13.4 Å². The zero-order valence-corrected chi connectivity index (χ0v) is 12.7. The topological polar surface area (TPSA) is 109 Å². The largest absolute Gasteiger partial charge is 0.463 e. The minimum Gasteiger partial charge on any atom is -0.463 e. The minimum absolute atomic E-state index is 0.215. The summed E-state index contributed by atoms with van der Waals surface area (Å²) in [7, 11) is 1.27. The molecule has 0 bridgehead atoms. The second-order valence-corrected chi connectivity index (χ2v) is 4.80. The van der Waals surface area contributed by atoms with E-state index in [2.05, 4.69) is 25.6 Å². The molecule has 8 nitrogen and oxygen atoms in total. The number of carbonyl (C=O) groups excluding carboxylic acids is 2. The molecular weight excluding hydrogens is 312 g/mol. The molecule has 2 heterocycles. The molecule has 24 heavy (non-hydrogen) atoms. The van der Waals surface area contributed by atoms with Crippen molar-refractivity contribution < 1.29 is 18.7 Å². The first-order chi connectivity index (χ1) is 11.7. The van der Waals surface area contributed by atoms with E-state index >= 15 is 0 Å². The van der Waals surface area contributed by atoms with Crippen LogP contribution in [0.25, 0.3) is 11.5 Å². The summed E-state index contributed by atoms with van der Waals surface area (Å²) >= 11 is 0. The van der Waals surface area contributed by atoms with Crippen LogP contribution in [0.1, 0.15) is 10.5 Å². The quantitative estimate of drug-likeness (QED) is 0.682. The van der Waals surface area contributed by atoms with Gasteiger partial charge in [0.15, 0.2) is 11.5 Å². The Kier molecular flexibility index (Phi) is 4.28. The monoisotopic (exact) mass is 326 g/mol. The second kappa shape index (κ2) is 6.69. The number of methoxy groups -OCH3 is 1. The average Bonchev–Trinajstić information content (AvgIpc) is 3.26. The number of nitrogens with zero attached hydrogens (tertiary/aromatic N) is 1. The molecule has 0 spiro atoms. The van der Waals surface area contributed by atoms with Gasteiger partial charge in [-0.3, -0.25) is 15.2 Å². The molecule has 2 aromatic heterocycles. The standard InChI is InChI=1S/C16H14N4O4/c1-23-16(22)18-11-5-2-4-10(8-11)17-15(21)13-9-12(19-20-13)14-6-3-7-24-14/h2-9H,1H3,(H,17,21)(H,18,22)(H,19,20). The molecule has 8 heteroatoms. The third-order valence-electron chi connectivity index (χ3n) is 3.15. The first-order valence-corrected chi connectivity index (χ1v) is 7.01. The maximum atomic E-state index is 12.3. The fourth-order valence-corrected chi connectivity index (χ4v) is 2.03. The van der Waals surface area contributed by atoms with Crippen LogP contribution in [-0.2, 0) is 4.74 Å². The van der Waals surface area contributed by atoms with Gasteiger partial charge in [-0.2, -0.15) is 5.10 Å². The highest BCUT2D eigenvalue weighted by Crippen LogP contribution is 2.19. The zero-order chi connectivity index (χ0) is 16.9. The number of rotatable bonds is 4. The van der Waals surface area contributed by atoms with Crippen LogP contribution in [0.3, 0.4) is 0 Å². The Morgan fingerprint density at radius 1 is 1.12 bits per heavy atom. The van der Waals surface area contributed by atoms with Gasteiger partial charge in [0.25, 0.3) is 5.91 Å². The summed E-state index contributed by atoms with van der Waals surface area (Å²) in [6.07, 6.45) is 0.948. The van der Waals surface area contributed by atoms with Gasteiger partial charge in [-0.1, -0.05) is 6.07 Å². The summed E-state index contributed by atoms with van der Waals surface area (Å²) in [5.41, 5.74) is 1.83. The number of amides is 2. The highest BCUT2D eigenvalue weighted by atomic mass is 16.5. The van der Waals surface area contributed by atoms with E-state index in [-0.39, 0.29) is 11.6 Å². The number of ether oxygens (including phenoxy) is 1. The first kappa shape index (κ1) is 15.3. The van der Waals surface area contributed by atoms with Gasteiger partial charge in [0.2, 0.25) is 0 Å². The smallest absolute Gasteiger partial charge is 0.411 e. The molecule has 0 saturated heterocycles. The lowest BCUT2D eigenvalue weighted by Gasteiger charge is -2.07. The number of carbonyl (C=O) groups is 2. The van der Waals surface area contributed by atoms with Crippen molar-refractivity contribution in [2.45, 2.75) is 0 Å². The molecule has 0 unspecified atom stereocenters. The third-order valence-corrected chi connectivity index (χ3v) is 3.15. The Hall–Kier alpha value is -3.55. The molecule has 1 aromatic carbocycles. The normalized spacial score (nSPS) is 10.2. The van der Waals surface area contributed by atoms with Crippen LogP contribution in [0.2, 0.25) is 0 Å². The lowest BCUT2D eigenvalue weighted by molar-refractivity contribution is 0.102. The zero-order valence-electron chi connectivity index (χ0n) is 12.7. The summed E-state index contributed by atoms with van der Waals surface area (Å²) in [5, 5.41) is 11.9. The molecule has 0 aliphatic carbocycles. The van der Waals surface area contributed by atoms with Crippen molar-refractivity contribution >= 4 is 23.4 Å². The summed E-state index contributed by atoms with van der Waals surface area (Å²) in [5.74, 6) is 0.199. The van der Waals surface area contributed by atoms with E-state index in [0.29, 0.717) is 22.8 Å². The maximum Gasteiger partial charge on any atom is 0.411 e. The number of aromatic nitrogens is 2. The van der Waals surface area contributed by atoms with Crippen molar-refractivity contribution in [3.05, 3.63) is 54.4 Å². The van der Waals surface area contributed by atoms with E-state index in [0.717, 1.165) is 0 Å². The van der Waals surface area contributed by atoms with E-state index in [1.54, 1.807) is 42.5 Å². The highest BCUT2D eigenvalue weighted by Gasteiger charge is 2.13.